The first kappa shape index (κ1) is 13.5. The van der Waals surface area contributed by atoms with Crippen molar-refractivity contribution in [2.45, 2.75) is 19.9 Å². The number of nitrogens with one attached hydrogen (secondary N) is 1. The zero-order valence-electron chi connectivity index (χ0n) is 12.3. The van der Waals surface area contributed by atoms with Gasteiger partial charge in [0.25, 0.3) is 0 Å². The highest BCUT2D eigenvalue weighted by Gasteiger charge is 2.22. The van der Waals surface area contributed by atoms with Gasteiger partial charge >= 0.3 is 0 Å². The van der Waals surface area contributed by atoms with E-state index in [1.807, 2.05) is 6.92 Å². The van der Waals surface area contributed by atoms with Crippen LogP contribution in [0.5, 0.6) is 0 Å². The molecule has 1 fully saturated rings. The predicted molar refractivity (Wildman–Crippen MR) is 81.6 cm³/mol. The molecule has 2 aliphatic heterocycles. The molecular weight excluding hydrogens is 250 g/mol. The van der Waals surface area contributed by atoms with Crippen LogP contribution in [0.1, 0.15) is 12.5 Å². The van der Waals surface area contributed by atoms with E-state index in [0.29, 0.717) is 6.04 Å². The number of hydroxylamine groups is 1. The lowest BCUT2D eigenvalue weighted by atomic mass is 10.2. The van der Waals surface area contributed by atoms with Gasteiger partial charge in [-0.2, -0.15) is 0 Å². The number of nitrogens with zero attached hydrogens (tertiary/aromatic N) is 2. The van der Waals surface area contributed by atoms with Crippen molar-refractivity contribution in [1.29, 1.82) is 0 Å². The van der Waals surface area contributed by atoms with E-state index in [1.165, 1.54) is 11.3 Å². The summed E-state index contributed by atoms with van der Waals surface area (Å²) in [7, 11) is 0. The van der Waals surface area contributed by atoms with Gasteiger partial charge in [0.05, 0.1) is 6.04 Å². The highest BCUT2D eigenvalue weighted by Crippen LogP contribution is 2.17. The minimum atomic E-state index is 0.334. The van der Waals surface area contributed by atoms with Crippen LogP contribution in [0.15, 0.2) is 36.1 Å². The predicted octanol–water partition coefficient (Wildman–Crippen LogP) is 1.92. The Hall–Kier alpha value is -1.52. The third-order valence-corrected chi connectivity index (χ3v) is 4.03. The normalized spacial score (nSPS) is 23.6. The molecular formula is C16H23N3O. The van der Waals surface area contributed by atoms with Crippen molar-refractivity contribution in [3.8, 4) is 0 Å². The molecule has 0 saturated carbocycles. The second-order valence-electron chi connectivity index (χ2n) is 5.73. The summed E-state index contributed by atoms with van der Waals surface area (Å²) in [6.45, 7) is 9.56. The van der Waals surface area contributed by atoms with Crippen LogP contribution in [0.4, 0.5) is 5.69 Å². The van der Waals surface area contributed by atoms with Crippen LogP contribution in [-0.4, -0.2) is 43.7 Å². The molecule has 4 nitrogen and oxygen atoms in total. The van der Waals surface area contributed by atoms with E-state index in [4.69, 9.17) is 4.84 Å². The van der Waals surface area contributed by atoms with Crippen LogP contribution in [-0.2, 0) is 4.84 Å². The molecule has 1 unspecified atom stereocenters. The van der Waals surface area contributed by atoms with E-state index >= 15 is 0 Å². The second kappa shape index (κ2) is 5.85. The van der Waals surface area contributed by atoms with Crippen LogP contribution < -0.4 is 10.4 Å². The fourth-order valence-electron chi connectivity index (χ4n) is 2.83. The number of hydrogen-bond donors (Lipinski definition) is 1. The van der Waals surface area contributed by atoms with Gasteiger partial charge in [-0.05, 0) is 32.1 Å². The minimum absolute atomic E-state index is 0.334. The Labute approximate surface area is 121 Å². The summed E-state index contributed by atoms with van der Waals surface area (Å²) in [5.41, 5.74) is 5.72. The first-order valence-electron chi connectivity index (χ1n) is 7.35. The van der Waals surface area contributed by atoms with Gasteiger partial charge < -0.3 is 9.74 Å². The zero-order valence-corrected chi connectivity index (χ0v) is 12.3. The molecule has 1 saturated heterocycles. The minimum Gasteiger partial charge on any atom is -0.413 e. The SMILES string of the molecule is CC1=CC(CN2CCN(c3ccc(C)cc3)CC2)NO1. The van der Waals surface area contributed by atoms with Gasteiger partial charge in [-0.1, -0.05) is 17.7 Å². The van der Waals surface area contributed by atoms with E-state index in [1.54, 1.807) is 0 Å². The molecule has 3 rings (SSSR count). The number of hydrogen-bond acceptors (Lipinski definition) is 4. The van der Waals surface area contributed by atoms with Gasteiger partial charge in [0.15, 0.2) is 0 Å². The van der Waals surface area contributed by atoms with Crippen molar-refractivity contribution < 1.29 is 4.84 Å². The average Bonchev–Trinajstić information content (AvgIpc) is 2.86. The van der Waals surface area contributed by atoms with E-state index in [9.17, 15) is 0 Å². The van der Waals surface area contributed by atoms with Crippen molar-refractivity contribution in [3.05, 3.63) is 41.7 Å². The highest BCUT2D eigenvalue weighted by molar-refractivity contribution is 5.47. The average molecular weight is 273 g/mol. The van der Waals surface area contributed by atoms with E-state index in [0.717, 1.165) is 38.5 Å². The number of rotatable bonds is 3. The molecule has 1 atom stereocenters. The Kier molecular flexibility index (Phi) is 3.94. The zero-order chi connectivity index (χ0) is 13.9. The quantitative estimate of drug-likeness (QED) is 0.910. The van der Waals surface area contributed by atoms with Crippen molar-refractivity contribution in [3.63, 3.8) is 0 Å². The molecule has 1 aromatic carbocycles. The van der Waals surface area contributed by atoms with Crippen LogP contribution in [0, 0.1) is 6.92 Å². The molecule has 0 bridgehead atoms. The van der Waals surface area contributed by atoms with Gasteiger partial charge in [-0.25, -0.2) is 0 Å². The molecule has 108 valence electrons. The summed E-state index contributed by atoms with van der Waals surface area (Å²) in [4.78, 5) is 10.3. The highest BCUT2D eigenvalue weighted by atomic mass is 16.7. The monoisotopic (exact) mass is 273 g/mol. The smallest absolute Gasteiger partial charge is 0.118 e. The lowest BCUT2D eigenvalue weighted by molar-refractivity contribution is 0.102. The molecule has 2 aliphatic rings. The number of piperazine rings is 1. The second-order valence-corrected chi connectivity index (χ2v) is 5.73. The number of anilines is 1. The molecule has 0 aliphatic carbocycles. The third kappa shape index (κ3) is 3.14. The molecule has 1 aromatic rings. The lowest BCUT2D eigenvalue weighted by Gasteiger charge is -2.36. The Morgan fingerprint density at radius 2 is 1.80 bits per heavy atom. The number of allylic oxidation sites excluding steroid dienone is 1. The standard InChI is InChI=1S/C16H23N3O/c1-13-3-5-16(6-4-13)19-9-7-18(8-10-19)12-15-11-14(2)20-17-15/h3-6,11,15,17H,7-10,12H2,1-2H3. The Morgan fingerprint density at radius 3 is 2.40 bits per heavy atom. The summed E-state index contributed by atoms with van der Waals surface area (Å²) >= 11 is 0. The molecule has 4 heteroatoms. The maximum Gasteiger partial charge on any atom is 0.118 e. The summed E-state index contributed by atoms with van der Waals surface area (Å²) < 4.78 is 0. The molecule has 20 heavy (non-hydrogen) atoms. The largest absolute Gasteiger partial charge is 0.413 e. The lowest BCUT2D eigenvalue weighted by Crippen LogP contribution is -2.49. The maximum absolute atomic E-state index is 5.28. The van der Waals surface area contributed by atoms with Gasteiger partial charge in [0.1, 0.15) is 5.76 Å². The number of benzene rings is 1. The van der Waals surface area contributed by atoms with Gasteiger partial charge in [-0.3, -0.25) is 4.90 Å². The summed E-state index contributed by atoms with van der Waals surface area (Å²) in [6.07, 6.45) is 2.16. The van der Waals surface area contributed by atoms with Gasteiger partial charge in [0, 0.05) is 38.4 Å². The topological polar surface area (TPSA) is 27.7 Å². The first-order chi connectivity index (χ1) is 9.70. The van der Waals surface area contributed by atoms with Crippen molar-refractivity contribution in [1.82, 2.24) is 10.4 Å². The van der Waals surface area contributed by atoms with Crippen LogP contribution in [0.25, 0.3) is 0 Å². The van der Waals surface area contributed by atoms with Crippen LogP contribution in [0.2, 0.25) is 0 Å². The molecule has 0 aromatic heterocycles. The molecule has 2 heterocycles. The molecule has 1 N–H and O–H groups in total. The van der Waals surface area contributed by atoms with E-state index in [2.05, 4.69) is 52.5 Å². The van der Waals surface area contributed by atoms with Crippen molar-refractivity contribution in [2.75, 3.05) is 37.6 Å². The van der Waals surface area contributed by atoms with E-state index in [-0.39, 0.29) is 0 Å². The fraction of sp³-hybridized carbons (Fsp3) is 0.500. The van der Waals surface area contributed by atoms with Crippen LogP contribution >= 0.6 is 0 Å². The van der Waals surface area contributed by atoms with Crippen molar-refractivity contribution in [2.24, 2.45) is 0 Å². The fourth-order valence-corrected chi connectivity index (χ4v) is 2.83. The summed E-state index contributed by atoms with van der Waals surface area (Å²) in [5, 5.41) is 0. The Balaban J connectivity index is 1.50. The first-order valence-corrected chi connectivity index (χ1v) is 7.35. The number of aryl methyl sites for hydroxylation is 1. The molecule has 0 amide bonds. The van der Waals surface area contributed by atoms with Gasteiger partial charge in [-0.15, -0.1) is 5.48 Å². The van der Waals surface area contributed by atoms with Crippen molar-refractivity contribution >= 4 is 5.69 Å². The third-order valence-electron chi connectivity index (χ3n) is 4.03. The maximum atomic E-state index is 5.28. The molecule has 0 spiro atoms. The van der Waals surface area contributed by atoms with E-state index < -0.39 is 0 Å². The Morgan fingerprint density at radius 1 is 1.10 bits per heavy atom. The summed E-state index contributed by atoms with van der Waals surface area (Å²) in [6, 6.07) is 9.16. The van der Waals surface area contributed by atoms with Crippen LogP contribution in [0.3, 0.4) is 0 Å². The molecule has 0 radical (unpaired) electrons. The van der Waals surface area contributed by atoms with Gasteiger partial charge in [0.2, 0.25) is 0 Å². The summed E-state index contributed by atoms with van der Waals surface area (Å²) in [5.74, 6) is 0.980. The Bertz CT molecular complexity index is 475.